The molecule has 0 heterocycles. The molecule has 0 aromatic rings. The third-order valence-electron chi connectivity index (χ3n) is 2.67. The van der Waals surface area contributed by atoms with Gasteiger partial charge in [0.15, 0.2) is 0 Å². The van der Waals surface area contributed by atoms with Crippen LogP contribution in [0.2, 0.25) is 0 Å². The van der Waals surface area contributed by atoms with E-state index >= 15 is 0 Å². The Labute approximate surface area is 80.3 Å². The van der Waals surface area contributed by atoms with Crippen molar-refractivity contribution in [2.75, 3.05) is 0 Å². The zero-order chi connectivity index (χ0) is 9.68. The third-order valence-corrected chi connectivity index (χ3v) is 2.67. The number of hydrogen-bond donors (Lipinski definition) is 2. The van der Waals surface area contributed by atoms with E-state index in [2.05, 4.69) is 12.2 Å². The number of hydrogen-bond acceptors (Lipinski definition) is 2. The molecule has 0 spiro atoms. The standard InChI is InChI=1S/C11H20O2/c1-9(12)7-8-11(13)10-5-3-2-4-6-10/h3,5,9-13H,2,4,6-8H2,1H3/t9-,10-,11-/m1/s1. The van der Waals surface area contributed by atoms with Gasteiger partial charge in [-0.05, 0) is 39.0 Å². The van der Waals surface area contributed by atoms with Gasteiger partial charge in [0, 0.05) is 5.92 Å². The van der Waals surface area contributed by atoms with E-state index in [1.54, 1.807) is 6.92 Å². The molecule has 0 aromatic carbocycles. The van der Waals surface area contributed by atoms with Crippen LogP contribution in [0.1, 0.15) is 39.0 Å². The Balaban J connectivity index is 2.25. The van der Waals surface area contributed by atoms with Crippen LogP contribution in [0.3, 0.4) is 0 Å². The van der Waals surface area contributed by atoms with Gasteiger partial charge in [0.05, 0.1) is 12.2 Å². The van der Waals surface area contributed by atoms with Crippen molar-refractivity contribution in [1.82, 2.24) is 0 Å². The number of aliphatic hydroxyl groups excluding tert-OH is 2. The van der Waals surface area contributed by atoms with Gasteiger partial charge in [-0.2, -0.15) is 0 Å². The van der Waals surface area contributed by atoms with E-state index in [0.717, 1.165) is 12.8 Å². The van der Waals surface area contributed by atoms with E-state index in [-0.39, 0.29) is 12.2 Å². The fraction of sp³-hybridized carbons (Fsp3) is 0.818. The molecular formula is C11H20O2. The summed E-state index contributed by atoms with van der Waals surface area (Å²) in [4.78, 5) is 0. The molecule has 0 aromatic heterocycles. The SMILES string of the molecule is C[C@@H](O)CC[C@@H](O)[C@@H]1C=CCCC1. The molecule has 3 atom stereocenters. The Morgan fingerprint density at radius 1 is 1.38 bits per heavy atom. The summed E-state index contributed by atoms with van der Waals surface area (Å²) in [7, 11) is 0. The van der Waals surface area contributed by atoms with Crippen molar-refractivity contribution < 1.29 is 10.2 Å². The molecule has 0 radical (unpaired) electrons. The lowest BCUT2D eigenvalue weighted by molar-refractivity contribution is 0.0886. The van der Waals surface area contributed by atoms with Crippen molar-refractivity contribution in [3.05, 3.63) is 12.2 Å². The van der Waals surface area contributed by atoms with Crippen molar-refractivity contribution in [2.45, 2.75) is 51.2 Å². The summed E-state index contributed by atoms with van der Waals surface area (Å²) in [6, 6.07) is 0. The van der Waals surface area contributed by atoms with Crippen LogP contribution >= 0.6 is 0 Å². The summed E-state index contributed by atoms with van der Waals surface area (Å²) in [5.74, 6) is 0.326. The van der Waals surface area contributed by atoms with E-state index in [1.165, 1.54) is 6.42 Å². The molecule has 0 saturated heterocycles. The first-order chi connectivity index (χ1) is 6.20. The molecule has 0 aliphatic heterocycles. The van der Waals surface area contributed by atoms with Crippen LogP contribution in [0, 0.1) is 5.92 Å². The van der Waals surface area contributed by atoms with Crippen molar-refractivity contribution >= 4 is 0 Å². The van der Waals surface area contributed by atoms with Crippen LogP contribution < -0.4 is 0 Å². The summed E-state index contributed by atoms with van der Waals surface area (Å²) < 4.78 is 0. The van der Waals surface area contributed by atoms with E-state index in [1.807, 2.05) is 0 Å². The predicted molar refractivity (Wildman–Crippen MR) is 53.4 cm³/mol. The van der Waals surface area contributed by atoms with Crippen LogP contribution in [-0.2, 0) is 0 Å². The second-order valence-corrected chi connectivity index (χ2v) is 4.02. The minimum absolute atomic E-state index is 0.258. The van der Waals surface area contributed by atoms with E-state index in [0.29, 0.717) is 18.8 Å². The second kappa shape index (κ2) is 5.40. The molecule has 0 saturated carbocycles. The maximum Gasteiger partial charge on any atom is 0.0603 e. The van der Waals surface area contributed by atoms with E-state index < -0.39 is 0 Å². The highest BCUT2D eigenvalue weighted by Crippen LogP contribution is 2.23. The first-order valence-electron chi connectivity index (χ1n) is 5.23. The van der Waals surface area contributed by atoms with Gasteiger partial charge in [-0.15, -0.1) is 0 Å². The quantitative estimate of drug-likeness (QED) is 0.655. The molecule has 0 bridgehead atoms. The van der Waals surface area contributed by atoms with Crippen LogP contribution in [0.4, 0.5) is 0 Å². The fourth-order valence-electron chi connectivity index (χ4n) is 1.79. The van der Waals surface area contributed by atoms with Gasteiger partial charge in [-0.25, -0.2) is 0 Å². The first kappa shape index (κ1) is 10.7. The zero-order valence-corrected chi connectivity index (χ0v) is 8.32. The minimum atomic E-state index is -0.290. The maximum absolute atomic E-state index is 9.76. The van der Waals surface area contributed by atoms with Gasteiger partial charge < -0.3 is 10.2 Å². The Kier molecular flexibility index (Phi) is 4.46. The Morgan fingerprint density at radius 2 is 2.15 bits per heavy atom. The summed E-state index contributed by atoms with van der Waals surface area (Å²) in [6.45, 7) is 1.77. The molecular weight excluding hydrogens is 164 g/mol. The van der Waals surface area contributed by atoms with Crippen molar-refractivity contribution in [3.63, 3.8) is 0 Å². The molecule has 1 aliphatic rings. The summed E-state index contributed by atoms with van der Waals surface area (Å²) in [5.41, 5.74) is 0. The van der Waals surface area contributed by atoms with Crippen LogP contribution in [-0.4, -0.2) is 22.4 Å². The first-order valence-corrected chi connectivity index (χ1v) is 5.23. The lowest BCUT2D eigenvalue weighted by Crippen LogP contribution is -2.21. The fourth-order valence-corrected chi connectivity index (χ4v) is 1.79. The number of aliphatic hydroxyl groups is 2. The van der Waals surface area contributed by atoms with Crippen molar-refractivity contribution in [3.8, 4) is 0 Å². The topological polar surface area (TPSA) is 40.5 Å². The van der Waals surface area contributed by atoms with Gasteiger partial charge in [0.2, 0.25) is 0 Å². The molecule has 2 nitrogen and oxygen atoms in total. The highest BCUT2D eigenvalue weighted by molar-refractivity contribution is 4.95. The maximum atomic E-state index is 9.76. The number of allylic oxidation sites excluding steroid dienone is 1. The predicted octanol–water partition coefficient (Wildman–Crippen LogP) is 1.86. The van der Waals surface area contributed by atoms with Gasteiger partial charge >= 0.3 is 0 Å². The summed E-state index contributed by atoms with van der Waals surface area (Å²) in [5, 5.41) is 18.8. The van der Waals surface area contributed by atoms with Crippen LogP contribution in [0.15, 0.2) is 12.2 Å². The molecule has 1 aliphatic carbocycles. The molecule has 0 amide bonds. The Morgan fingerprint density at radius 3 is 2.69 bits per heavy atom. The molecule has 0 fully saturated rings. The lowest BCUT2D eigenvalue weighted by atomic mass is 9.88. The highest BCUT2D eigenvalue weighted by atomic mass is 16.3. The molecule has 0 unspecified atom stereocenters. The smallest absolute Gasteiger partial charge is 0.0603 e. The molecule has 2 N–H and O–H groups in total. The van der Waals surface area contributed by atoms with Gasteiger partial charge in [0.25, 0.3) is 0 Å². The minimum Gasteiger partial charge on any atom is -0.393 e. The average Bonchev–Trinajstić information content (AvgIpc) is 2.15. The Hall–Kier alpha value is -0.340. The Bertz CT molecular complexity index is 163. The normalized spacial score (nSPS) is 27.2. The van der Waals surface area contributed by atoms with Gasteiger partial charge in [-0.3, -0.25) is 0 Å². The number of rotatable bonds is 4. The van der Waals surface area contributed by atoms with Gasteiger partial charge in [-0.1, -0.05) is 12.2 Å². The van der Waals surface area contributed by atoms with Crippen molar-refractivity contribution in [2.24, 2.45) is 5.92 Å². The second-order valence-electron chi connectivity index (χ2n) is 4.02. The lowest BCUT2D eigenvalue weighted by Gasteiger charge is -2.22. The summed E-state index contributed by atoms with van der Waals surface area (Å²) in [6.07, 6.45) is 8.58. The zero-order valence-electron chi connectivity index (χ0n) is 8.32. The van der Waals surface area contributed by atoms with Crippen LogP contribution in [0.5, 0.6) is 0 Å². The highest BCUT2D eigenvalue weighted by Gasteiger charge is 2.18. The van der Waals surface area contributed by atoms with Crippen LogP contribution in [0.25, 0.3) is 0 Å². The largest absolute Gasteiger partial charge is 0.393 e. The van der Waals surface area contributed by atoms with E-state index in [4.69, 9.17) is 5.11 Å². The van der Waals surface area contributed by atoms with Gasteiger partial charge in [0.1, 0.15) is 0 Å². The average molecular weight is 184 g/mol. The summed E-state index contributed by atoms with van der Waals surface area (Å²) >= 11 is 0. The monoisotopic (exact) mass is 184 g/mol. The molecule has 13 heavy (non-hydrogen) atoms. The molecule has 1 rings (SSSR count). The van der Waals surface area contributed by atoms with E-state index in [9.17, 15) is 5.11 Å². The molecule has 2 heteroatoms. The van der Waals surface area contributed by atoms with Crippen molar-refractivity contribution in [1.29, 1.82) is 0 Å². The molecule has 76 valence electrons. The third kappa shape index (κ3) is 3.92.